The molecule has 0 saturated carbocycles. The summed E-state index contributed by atoms with van der Waals surface area (Å²) in [5.74, 6) is -0.130. The van der Waals surface area contributed by atoms with Crippen LogP contribution in [0.1, 0.15) is 0 Å². The molecule has 1 heterocycles. The fraction of sp³-hybridized carbons (Fsp3) is 0. The summed E-state index contributed by atoms with van der Waals surface area (Å²) in [6.07, 6.45) is 0. The second-order valence-corrected chi connectivity index (χ2v) is 3.61. The molecule has 2 aromatic rings. The Morgan fingerprint density at radius 1 is 1.39 bits per heavy atom. The number of ether oxygens (including phenoxy) is 1. The number of para-hydroxylation sites is 2. The van der Waals surface area contributed by atoms with Gasteiger partial charge in [0.15, 0.2) is 0 Å². The number of nitro benzene ring substituents is 1. The minimum Gasteiger partial charge on any atom is -0.432 e. The lowest BCUT2D eigenvalue weighted by Crippen LogP contribution is -2.10. The van der Waals surface area contributed by atoms with E-state index in [-0.39, 0.29) is 22.5 Å². The molecule has 92 valence electrons. The number of aromatic nitrogens is 2. The van der Waals surface area contributed by atoms with Crippen molar-refractivity contribution in [1.82, 2.24) is 9.97 Å². The van der Waals surface area contributed by atoms with E-state index in [2.05, 4.69) is 9.97 Å². The molecule has 0 aliphatic heterocycles. The molecule has 1 aromatic carbocycles. The van der Waals surface area contributed by atoms with Crippen LogP contribution in [0.25, 0.3) is 0 Å². The minimum absolute atomic E-state index is 0.0170. The molecule has 18 heavy (non-hydrogen) atoms. The maximum absolute atomic E-state index is 11.1. The van der Waals surface area contributed by atoms with E-state index in [0.29, 0.717) is 0 Å². The first-order chi connectivity index (χ1) is 8.56. The second-order valence-electron chi connectivity index (χ2n) is 3.20. The van der Waals surface area contributed by atoms with E-state index >= 15 is 0 Å². The van der Waals surface area contributed by atoms with Crippen LogP contribution in [-0.2, 0) is 0 Å². The third-order valence-electron chi connectivity index (χ3n) is 1.96. The maximum Gasteiger partial charge on any atom is 0.349 e. The zero-order valence-corrected chi connectivity index (χ0v) is 9.55. The first-order valence-corrected chi connectivity index (χ1v) is 5.12. The van der Waals surface area contributed by atoms with Gasteiger partial charge in [0.25, 0.3) is 0 Å². The number of hydrogen-bond donors (Lipinski definition) is 1. The van der Waals surface area contributed by atoms with Crippen molar-refractivity contribution in [1.29, 1.82) is 0 Å². The number of halogens is 1. The Labute approximate surface area is 105 Å². The lowest BCUT2D eigenvalue weighted by atomic mass is 10.3. The van der Waals surface area contributed by atoms with Crippen molar-refractivity contribution in [2.75, 3.05) is 0 Å². The number of hydrogen-bond acceptors (Lipinski definition) is 5. The van der Waals surface area contributed by atoms with Gasteiger partial charge in [0, 0.05) is 12.1 Å². The van der Waals surface area contributed by atoms with E-state index in [1.54, 1.807) is 6.07 Å². The summed E-state index contributed by atoms with van der Waals surface area (Å²) >= 11 is 5.61. The van der Waals surface area contributed by atoms with Gasteiger partial charge >= 0.3 is 11.4 Å². The first-order valence-electron chi connectivity index (χ1n) is 4.74. The summed E-state index contributed by atoms with van der Waals surface area (Å²) in [4.78, 5) is 26.9. The molecule has 0 aliphatic rings. The van der Waals surface area contributed by atoms with Gasteiger partial charge in [-0.1, -0.05) is 23.7 Å². The highest BCUT2D eigenvalue weighted by Crippen LogP contribution is 2.29. The first kappa shape index (κ1) is 12.1. The molecule has 0 atom stereocenters. The second kappa shape index (κ2) is 4.84. The SMILES string of the molecule is O=c1nc(Oc2ccccc2[N+](=O)[O-])cc(Cl)[nH]1. The van der Waals surface area contributed by atoms with Crippen LogP contribution in [0.5, 0.6) is 11.6 Å². The Morgan fingerprint density at radius 3 is 2.78 bits per heavy atom. The third kappa shape index (κ3) is 2.64. The van der Waals surface area contributed by atoms with Crippen molar-refractivity contribution in [3.63, 3.8) is 0 Å². The fourth-order valence-electron chi connectivity index (χ4n) is 1.27. The zero-order valence-electron chi connectivity index (χ0n) is 8.79. The molecule has 8 heteroatoms. The smallest absolute Gasteiger partial charge is 0.349 e. The Hall–Kier alpha value is -2.41. The van der Waals surface area contributed by atoms with E-state index < -0.39 is 10.6 Å². The number of aromatic amines is 1. The van der Waals surface area contributed by atoms with Crippen molar-refractivity contribution < 1.29 is 9.66 Å². The van der Waals surface area contributed by atoms with Crippen LogP contribution < -0.4 is 10.4 Å². The van der Waals surface area contributed by atoms with Gasteiger partial charge in [-0.3, -0.25) is 15.1 Å². The standard InChI is InChI=1S/C10H6ClN3O4/c11-8-5-9(13-10(15)12-8)18-7-4-2-1-3-6(7)14(16)17/h1-5H,(H,12,13,15). The summed E-state index contributed by atoms with van der Waals surface area (Å²) in [6.45, 7) is 0. The molecular formula is C10H6ClN3O4. The van der Waals surface area contributed by atoms with E-state index in [0.717, 1.165) is 0 Å². The molecule has 7 nitrogen and oxygen atoms in total. The zero-order chi connectivity index (χ0) is 13.1. The largest absolute Gasteiger partial charge is 0.432 e. The van der Waals surface area contributed by atoms with E-state index in [9.17, 15) is 14.9 Å². The Balaban J connectivity index is 2.40. The highest BCUT2D eigenvalue weighted by Gasteiger charge is 2.15. The molecule has 0 amide bonds. The Morgan fingerprint density at radius 2 is 2.11 bits per heavy atom. The normalized spacial score (nSPS) is 10.1. The highest BCUT2D eigenvalue weighted by atomic mass is 35.5. The van der Waals surface area contributed by atoms with E-state index in [1.165, 1.54) is 24.3 Å². The van der Waals surface area contributed by atoms with Crippen LogP contribution in [0.3, 0.4) is 0 Å². The van der Waals surface area contributed by atoms with Gasteiger partial charge < -0.3 is 4.74 Å². The minimum atomic E-state index is -0.698. The molecule has 0 saturated heterocycles. The van der Waals surface area contributed by atoms with Gasteiger partial charge in [0.05, 0.1) is 4.92 Å². The molecule has 0 spiro atoms. The summed E-state index contributed by atoms with van der Waals surface area (Å²) in [5, 5.41) is 10.8. The lowest BCUT2D eigenvalue weighted by Gasteiger charge is -2.04. The number of H-pyrrole nitrogens is 1. The topological polar surface area (TPSA) is 98.1 Å². The molecule has 0 unspecified atom stereocenters. The molecular weight excluding hydrogens is 262 g/mol. The van der Waals surface area contributed by atoms with Crippen LogP contribution in [0.2, 0.25) is 5.15 Å². The van der Waals surface area contributed by atoms with Crippen molar-refractivity contribution in [2.24, 2.45) is 0 Å². The van der Waals surface area contributed by atoms with Crippen LogP contribution in [0.4, 0.5) is 5.69 Å². The molecule has 0 bridgehead atoms. The number of nitrogens with one attached hydrogen (secondary N) is 1. The summed E-state index contributed by atoms with van der Waals surface area (Å²) in [6, 6.07) is 7.00. The van der Waals surface area contributed by atoms with Crippen LogP contribution in [-0.4, -0.2) is 14.9 Å². The predicted octanol–water partition coefficient (Wildman–Crippen LogP) is 2.12. The van der Waals surface area contributed by atoms with Gasteiger partial charge in [-0.05, 0) is 6.07 Å². The number of benzene rings is 1. The number of nitrogens with zero attached hydrogens (tertiary/aromatic N) is 2. The van der Waals surface area contributed by atoms with Crippen molar-refractivity contribution in [3.8, 4) is 11.6 Å². The fourth-order valence-corrected chi connectivity index (χ4v) is 1.44. The Bertz CT molecular complexity index is 656. The number of nitro groups is 1. The number of rotatable bonds is 3. The monoisotopic (exact) mass is 267 g/mol. The van der Waals surface area contributed by atoms with Gasteiger partial charge in [0.1, 0.15) is 5.15 Å². The van der Waals surface area contributed by atoms with Crippen LogP contribution >= 0.6 is 11.6 Å². The lowest BCUT2D eigenvalue weighted by molar-refractivity contribution is -0.385. The summed E-state index contributed by atoms with van der Waals surface area (Å²) in [7, 11) is 0. The molecule has 0 aliphatic carbocycles. The maximum atomic E-state index is 11.1. The Kier molecular flexibility index (Phi) is 3.24. The quantitative estimate of drug-likeness (QED) is 0.522. The molecule has 0 fully saturated rings. The van der Waals surface area contributed by atoms with Gasteiger partial charge in [-0.2, -0.15) is 4.98 Å². The molecule has 2 rings (SSSR count). The van der Waals surface area contributed by atoms with Gasteiger partial charge in [0.2, 0.25) is 11.6 Å². The molecule has 0 radical (unpaired) electrons. The van der Waals surface area contributed by atoms with Gasteiger partial charge in [-0.25, -0.2) is 4.79 Å². The third-order valence-corrected chi connectivity index (χ3v) is 2.17. The summed E-state index contributed by atoms with van der Waals surface area (Å²) < 4.78 is 5.18. The highest BCUT2D eigenvalue weighted by molar-refractivity contribution is 6.29. The predicted molar refractivity (Wildman–Crippen MR) is 63.0 cm³/mol. The molecule has 1 N–H and O–H groups in total. The van der Waals surface area contributed by atoms with E-state index in [4.69, 9.17) is 16.3 Å². The molecule has 1 aromatic heterocycles. The van der Waals surface area contributed by atoms with E-state index in [1.807, 2.05) is 0 Å². The van der Waals surface area contributed by atoms with Crippen LogP contribution in [0, 0.1) is 10.1 Å². The average Bonchev–Trinajstić information content (AvgIpc) is 2.27. The van der Waals surface area contributed by atoms with Gasteiger partial charge in [-0.15, -0.1) is 0 Å². The van der Waals surface area contributed by atoms with Crippen molar-refractivity contribution in [3.05, 3.63) is 56.1 Å². The average molecular weight is 268 g/mol. The van der Waals surface area contributed by atoms with Crippen molar-refractivity contribution >= 4 is 17.3 Å². The van der Waals surface area contributed by atoms with Crippen molar-refractivity contribution in [2.45, 2.75) is 0 Å². The summed E-state index contributed by atoms with van der Waals surface area (Å²) in [5.41, 5.74) is -0.924. The van der Waals surface area contributed by atoms with Crippen LogP contribution in [0.15, 0.2) is 35.1 Å².